The Labute approximate surface area is 126 Å². The predicted octanol–water partition coefficient (Wildman–Crippen LogP) is 4.26. The van der Waals surface area contributed by atoms with Gasteiger partial charge in [-0.05, 0) is 34.5 Å². The number of carboxylic acid groups (broad SMARTS) is 1. The Kier molecular flexibility index (Phi) is 3.74. The maximum Gasteiger partial charge on any atom is 0.340 e. The Morgan fingerprint density at radius 1 is 1.00 bits per heavy atom. The van der Waals surface area contributed by atoms with Gasteiger partial charge in [0.2, 0.25) is 0 Å². The molecule has 3 aromatic carbocycles. The third kappa shape index (κ3) is 2.76. The molecule has 4 heteroatoms. The van der Waals surface area contributed by atoms with Crippen molar-refractivity contribution < 1.29 is 19.0 Å². The van der Waals surface area contributed by atoms with Gasteiger partial charge in [-0.25, -0.2) is 9.18 Å². The highest BCUT2D eigenvalue weighted by Crippen LogP contribution is 2.28. The second-order valence-corrected chi connectivity index (χ2v) is 4.88. The van der Waals surface area contributed by atoms with Gasteiger partial charge in [0.1, 0.15) is 23.7 Å². The molecule has 1 N–H and O–H groups in total. The molecule has 22 heavy (non-hydrogen) atoms. The quantitative estimate of drug-likeness (QED) is 0.782. The van der Waals surface area contributed by atoms with Gasteiger partial charge in [0, 0.05) is 0 Å². The van der Waals surface area contributed by atoms with Crippen LogP contribution in [-0.4, -0.2) is 11.1 Å². The van der Waals surface area contributed by atoms with Gasteiger partial charge in [-0.1, -0.05) is 42.5 Å². The molecule has 3 rings (SSSR count). The molecule has 0 amide bonds. The van der Waals surface area contributed by atoms with Crippen LogP contribution >= 0.6 is 0 Å². The van der Waals surface area contributed by atoms with E-state index >= 15 is 0 Å². The van der Waals surface area contributed by atoms with E-state index in [0.29, 0.717) is 11.1 Å². The number of hydrogen-bond donors (Lipinski definition) is 1. The van der Waals surface area contributed by atoms with Crippen LogP contribution in [0.15, 0.2) is 60.7 Å². The molecule has 0 saturated carbocycles. The summed E-state index contributed by atoms with van der Waals surface area (Å²) in [4.78, 5) is 11.6. The van der Waals surface area contributed by atoms with Gasteiger partial charge in [-0.3, -0.25) is 0 Å². The van der Waals surface area contributed by atoms with Gasteiger partial charge in [0.25, 0.3) is 0 Å². The van der Waals surface area contributed by atoms with Crippen molar-refractivity contribution in [2.24, 2.45) is 0 Å². The first kappa shape index (κ1) is 14.1. The lowest BCUT2D eigenvalue weighted by Crippen LogP contribution is -2.04. The average Bonchev–Trinajstić information content (AvgIpc) is 2.53. The standard InChI is InChI=1S/C18H13FO3/c19-14-8-5-12(6-9-14)11-22-16-10-7-13-3-1-2-4-15(13)17(16)18(20)21/h1-10H,11H2,(H,20,21). The van der Waals surface area contributed by atoms with Gasteiger partial charge < -0.3 is 9.84 Å². The molecule has 3 aromatic rings. The van der Waals surface area contributed by atoms with Gasteiger partial charge >= 0.3 is 5.97 Å². The van der Waals surface area contributed by atoms with Crippen molar-refractivity contribution in [3.05, 3.63) is 77.6 Å². The maximum absolute atomic E-state index is 12.9. The summed E-state index contributed by atoms with van der Waals surface area (Å²) in [6.07, 6.45) is 0. The summed E-state index contributed by atoms with van der Waals surface area (Å²) in [7, 11) is 0. The van der Waals surface area contributed by atoms with Gasteiger partial charge in [0.05, 0.1) is 0 Å². The van der Waals surface area contributed by atoms with Crippen molar-refractivity contribution in [3.63, 3.8) is 0 Å². The highest BCUT2D eigenvalue weighted by molar-refractivity contribution is 6.06. The van der Waals surface area contributed by atoms with Crippen molar-refractivity contribution in [3.8, 4) is 5.75 Å². The number of halogens is 1. The van der Waals surface area contributed by atoms with E-state index in [1.54, 1.807) is 30.3 Å². The monoisotopic (exact) mass is 296 g/mol. The normalized spacial score (nSPS) is 10.6. The zero-order chi connectivity index (χ0) is 15.5. The summed E-state index contributed by atoms with van der Waals surface area (Å²) < 4.78 is 18.5. The molecule has 0 unspecified atom stereocenters. The molecule has 110 valence electrons. The third-order valence-corrected chi connectivity index (χ3v) is 3.41. The Bertz CT molecular complexity index is 825. The first-order valence-corrected chi connectivity index (χ1v) is 6.77. The van der Waals surface area contributed by atoms with Gasteiger partial charge in [-0.15, -0.1) is 0 Å². The van der Waals surface area contributed by atoms with Crippen molar-refractivity contribution in [1.82, 2.24) is 0 Å². The maximum atomic E-state index is 12.9. The minimum atomic E-state index is -1.04. The van der Waals surface area contributed by atoms with Crippen LogP contribution < -0.4 is 4.74 Å². The first-order chi connectivity index (χ1) is 10.6. The minimum Gasteiger partial charge on any atom is -0.488 e. The Morgan fingerprint density at radius 2 is 1.73 bits per heavy atom. The van der Waals surface area contributed by atoms with Crippen LogP contribution in [0.4, 0.5) is 4.39 Å². The SMILES string of the molecule is O=C(O)c1c(OCc2ccc(F)cc2)ccc2ccccc12. The van der Waals surface area contributed by atoms with E-state index in [1.165, 1.54) is 12.1 Å². The van der Waals surface area contributed by atoms with Gasteiger partial charge in [-0.2, -0.15) is 0 Å². The van der Waals surface area contributed by atoms with Crippen LogP contribution in [0.1, 0.15) is 15.9 Å². The fraction of sp³-hybridized carbons (Fsp3) is 0.0556. The molecule has 0 bridgehead atoms. The van der Waals surface area contributed by atoms with Crippen LogP contribution in [0.2, 0.25) is 0 Å². The summed E-state index contributed by atoms with van der Waals surface area (Å²) in [5, 5.41) is 10.9. The highest BCUT2D eigenvalue weighted by Gasteiger charge is 2.15. The van der Waals surface area contributed by atoms with Crippen LogP contribution in [0, 0.1) is 5.82 Å². The Morgan fingerprint density at radius 3 is 2.45 bits per heavy atom. The molecular weight excluding hydrogens is 283 g/mol. The molecule has 0 atom stereocenters. The van der Waals surface area contributed by atoms with E-state index in [2.05, 4.69) is 0 Å². The molecular formula is C18H13FO3. The number of carboxylic acids is 1. The van der Waals surface area contributed by atoms with E-state index in [0.717, 1.165) is 10.9 Å². The van der Waals surface area contributed by atoms with E-state index in [9.17, 15) is 14.3 Å². The minimum absolute atomic E-state index is 0.139. The molecule has 0 aliphatic heterocycles. The molecule has 0 radical (unpaired) electrons. The molecule has 0 saturated heterocycles. The molecule has 0 fully saturated rings. The third-order valence-electron chi connectivity index (χ3n) is 3.41. The van der Waals surface area contributed by atoms with Crippen molar-refractivity contribution >= 4 is 16.7 Å². The van der Waals surface area contributed by atoms with Crippen LogP contribution in [0.5, 0.6) is 5.75 Å². The van der Waals surface area contributed by atoms with E-state index in [4.69, 9.17) is 4.74 Å². The van der Waals surface area contributed by atoms with E-state index in [-0.39, 0.29) is 18.0 Å². The number of hydrogen-bond acceptors (Lipinski definition) is 2. The number of carbonyl (C=O) groups is 1. The fourth-order valence-corrected chi connectivity index (χ4v) is 2.33. The summed E-state index contributed by atoms with van der Waals surface area (Å²) in [6.45, 7) is 0.179. The fourth-order valence-electron chi connectivity index (χ4n) is 2.33. The summed E-state index contributed by atoms with van der Waals surface area (Å²) in [5.74, 6) is -1.05. The van der Waals surface area contributed by atoms with E-state index in [1.807, 2.05) is 18.2 Å². The van der Waals surface area contributed by atoms with Crippen molar-refractivity contribution in [1.29, 1.82) is 0 Å². The predicted molar refractivity (Wildman–Crippen MR) is 81.6 cm³/mol. The van der Waals surface area contributed by atoms with Crippen LogP contribution in [0.3, 0.4) is 0 Å². The second-order valence-electron chi connectivity index (χ2n) is 4.88. The second kappa shape index (κ2) is 5.85. The van der Waals surface area contributed by atoms with Crippen molar-refractivity contribution in [2.45, 2.75) is 6.61 Å². The van der Waals surface area contributed by atoms with Crippen molar-refractivity contribution in [2.75, 3.05) is 0 Å². The lowest BCUT2D eigenvalue weighted by Gasteiger charge is -2.11. The largest absolute Gasteiger partial charge is 0.488 e. The van der Waals surface area contributed by atoms with E-state index < -0.39 is 5.97 Å². The smallest absolute Gasteiger partial charge is 0.340 e. The number of fused-ring (bicyclic) bond motifs is 1. The highest BCUT2D eigenvalue weighted by atomic mass is 19.1. The number of ether oxygens (including phenoxy) is 1. The molecule has 0 aromatic heterocycles. The topological polar surface area (TPSA) is 46.5 Å². The number of rotatable bonds is 4. The molecule has 0 aliphatic carbocycles. The molecule has 0 heterocycles. The molecule has 3 nitrogen and oxygen atoms in total. The number of aromatic carboxylic acids is 1. The average molecular weight is 296 g/mol. The first-order valence-electron chi connectivity index (χ1n) is 6.77. The summed E-state index contributed by atoms with van der Waals surface area (Å²) in [6, 6.07) is 16.6. The zero-order valence-electron chi connectivity index (χ0n) is 11.6. The molecule has 0 spiro atoms. The van der Waals surface area contributed by atoms with Crippen LogP contribution in [-0.2, 0) is 6.61 Å². The van der Waals surface area contributed by atoms with Gasteiger partial charge in [0.15, 0.2) is 0 Å². The zero-order valence-corrected chi connectivity index (χ0v) is 11.6. The number of benzene rings is 3. The lowest BCUT2D eigenvalue weighted by molar-refractivity contribution is 0.0694. The Balaban J connectivity index is 1.94. The van der Waals surface area contributed by atoms with Crippen LogP contribution in [0.25, 0.3) is 10.8 Å². The summed E-state index contributed by atoms with van der Waals surface area (Å²) in [5.41, 5.74) is 0.908. The summed E-state index contributed by atoms with van der Waals surface area (Å²) >= 11 is 0. The lowest BCUT2D eigenvalue weighted by atomic mass is 10.0. The molecule has 0 aliphatic rings. The Hall–Kier alpha value is -2.88.